The predicted molar refractivity (Wildman–Crippen MR) is 66.6 cm³/mol. The van der Waals surface area contributed by atoms with Gasteiger partial charge in [-0.05, 0) is 19.8 Å². The first-order chi connectivity index (χ1) is 8.07. The summed E-state index contributed by atoms with van der Waals surface area (Å²) in [7, 11) is 0. The van der Waals surface area contributed by atoms with E-state index in [0.29, 0.717) is 19.7 Å². The van der Waals surface area contributed by atoms with Gasteiger partial charge in [-0.25, -0.2) is 0 Å². The van der Waals surface area contributed by atoms with Crippen molar-refractivity contribution in [3.8, 4) is 0 Å². The standard InChI is InChI=1S/C12H24N2O3/c1-4-17-9-11(15)13-7-5-6-8-14-12(16)10(2)3/h10H,4-9H2,1-3H3,(H,13,15)(H,14,16). The van der Waals surface area contributed by atoms with Crippen LogP contribution in [-0.2, 0) is 14.3 Å². The second-order valence-corrected chi connectivity index (χ2v) is 4.14. The molecule has 0 aliphatic rings. The zero-order valence-corrected chi connectivity index (χ0v) is 11.0. The van der Waals surface area contributed by atoms with Gasteiger partial charge in [0.25, 0.3) is 0 Å². The van der Waals surface area contributed by atoms with Crippen LogP contribution in [0, 0.1) is 5.92 Å². The lowest BCUT2D eigenvalue weighted by molar-refractivity contribution is -0.126. The van der Waals surface area contributed by atoms with Gasteiger partial charge in [-0.15, -0.1) is 0 Å². The number of amides is 2. The Morgan fingerprint density at radius 3 is 2.24 bits per heavy atom. The maximum absolute atomic E-state index is 11.2. The Morgan fingerprint density at radius 1 is 1.12 bits per heavy atom. The van der Waals surface area contributed by atoms with Gasteiger partial charge in [0.05, 0.1) is 0 Å². The molecule has 0 radical (unpaired) electrons. The average Bonchev–Trinajstić information content (AvgIpc) is 2.30. The van der Waals surface area contributed by atoms with E-state index in [1.54, 1.807) is 0 Å². The van der Waals surface area contributed by atoms with Crippen molar-refractivity contribution in [2.24, 2.45) is 5.92 Å². The molecule has 0 fully saturated rings. The molecule has 100 valence electrons. The molecule has 0 aromatic heterocycles. The molecule has 17 heavy (non-hydrogen) atoms. The molecule has 2 amide bonds. The third-order valence-electron chi connectivity index (χ3n) is 2.19. The smallest absolute Gasteiger partial charge is 0.245 e. The second-order valence-electron chi connectivity index (χ2n) is 4.14. The predicted octanol–water partition coefficient (Wildman–Crippen LogP) is 0.691. The van der Waals surface area contributed by atoms with E-state index in [0.717, 1.165) is 12.8 Å². The van der Waals surface area contributed by atoms with Gasteiger partial charge in [-0.1, -0.05) is 13.8 Å². The van der Waals surface area contributed by atoms with Crippen LogP contribution in [-0.4, -0.2) is 38.1 Å². The molecule has 5 heteroatoms. The van der Waals surface area contributed by atoms with E-state index in [1.807, 2.05) is 20.8 Å². The van der Waals surface area contributed by atoms with Gasteiger partial charge in [0.1, 0.15) is 6.61 Å². The van der Waals surface area contributed by atoms with Crippen molar-refractivity contribution < 1.29 is 14.3 Å². The largest absolute Gasteiger partial charge is 0.372 e. The zero-order valence-electron chi connectivity index (χ0n) is 11.0. The maximum Gasteiger partial charge on any atom is 0.245 e. The number of hydrogen-bond acceptors (Lipinski definition) is 3. The van der Waals surface area contributed by atoms with Crippen LogP contribution < -0.4 is 10.6 Å². The van der Waals surface area contributed by atoms with E-state index in [2.05, 4.69) is 10.6 Å². The lowest BCUT2D eigenvalue weighted by Gasteiger charge is -2.08. The summed E-state index contributed by atoms with van der Waals surface area (Å²) in [5.41, 5.74) is 0. The molecule has 0 aliphatic carbocycles. The number of hydrogen-bond donors (Lipinski definition) is 2. The fourth-order valence-electron chi connectivity index (χ4n) is 1.14. The van der Waals surface area contributed by atoms with Crippen LogP contribution in [0.15, 0.2) is 0 Å². The molecule has 0 rings (SSSR count). The van der Waals surface area contributed by atoms with E-state index < -0.39 is 0 Å². The molecular formula is C12H24N2O3. The number of carbonyl (C=O) groups is 2. The fraction of sp³-hybridized carbons (Fsp3) is 0.833. The van der Waals surface area contributed by atoms with Crippen LogP contribution in [0.25, 0.3) is 0 Å². The molecule has 0 aliphatic heterocycles. The molecule has 2 N–H and O–H groups in total. The number of ether oxygens (including phenoxy) is 1. The van der Waals surface area contributed by atoms with E-state index in [1.165, 1.54) is 0 Å². The molecule has 0 aromatic rings. The van der Waals surface area contributed by atoms with Crippen LogP contribution in [0.4, 0.5) is 0 Å². The molecule has 0 aromatic carbocycles. The topological polar surface area (TPSA) is 67.4 Å². The van der Waals surface area contributed by atoms with Crippen molar-refractivity contribution >= 4 is 11.8 Å². The van der Waals surface area contributed by atoms with Gasteiger partial charge in [0, 0.05) is 25.6 Å². The lowest BCUT2D eigenvalue weighted by atomic mass is 10.2. The number of unbranched alkanes of at least 4 members (excludes halogenated alkanes) is 1. The zero-order chi connectivity index (χ0) is 13.1. The minimum Gasteiger partial charge on any atom is -0.372 e. The summed E-state index contributed by atoms with van der Waals surface area (Å²) in [6.07, 6.45) is 1.73. The van der Waals surface area contributed by atoms with Crippen LogP contribution in [0.3, 0.4) is 0 Å². The van der Waals surface area contributed by atoms with Crippen LogP contribution in [0.1, 0.15) is 33.6 Å². The molecule has 0 heterocycles. The Bertz CT molecular complexity index is 230. The highest BCUT2D eigenvalue weighted by Gasteiger charge is 2.04. The SMILES string of the molecule is CCOCC(=O)NCCCCNC(=O)C(C)C. The summed E-state index contributed by atoms with van der Waals surface area (Å²) in [6, 6.07) is 0. The van der Waals surface area contributed by atoms with Crippen molar-refractivity contribution in [2.75, 3.05) is 26.3 Å². The molecule has 0 saturated carbocycles. The maximum atomic E-state index is 11.2. The number of carbonyl (C=O) groups excluding carboxylic acids is 2. The van der Waals surface area contributed by atoms with E-state index in [9.17, 15) is 9.59 Å². The molecule has 0 saturated heterocycles. The van der Waals surface area contributed by atoms with Gasteiger partial charge in [-0.3, -0.25) is 9.59 Å². The summed E-state index contributed by atoms with van der Waals surface area (Å²) in [4.78, 5) is 22.3. The van der Waals surface area contributed by atoms with E-state index in [-0.39, 0.29) is 24.3 Å². The van der Waals surface area contributed by atoms with Crippen molar-refractivity contribution in [1.29, 1.82) is 0 Å². The Kier molecular flexibility index (Phi) is 9.43. The third-order valence-corrected chi connectivity index (χ3v) is 2.19. The van der Waals surface area contributed by atoms with Gasteiger partial charge in [0.15, 0.2) is 0 Å². The molecule has 0 spiro atoms. The first kappa shape index (κ1) is 15.9. The summed E-state index contributed by atoms with van der Waals surface area (Å²) < 4.78 is 4.96. The fourth-order valence-corrected chi connectivity index (χ4v) is 1.14. The quantitative estimate of drug-likeness (QED) is 0.586. The minimum absolute atomic E-state index is 0.0286. The minimum atomic E-state index is -0.0851. The highest BCUT2D eigenvalue weighted by Crippen LogP contribution is 1.91. The molecule has 5 nitrogen and oxygen atoms in total. The number of nitrogens with one attached hydrogen (secondary N) is 2. The third kappa shape index (κ3) is 9.81. The van der Waals surface area contributed by atoms with E-state index >= 15 is 0 Å². The van der Waals surface area contributed by atoms with Crippen molar-refractivity contribution in [3.63, 3.8) is 0 Å². The lowest BCUT2D eigenvalue weighted by Crippen LogP contribution is -2.30. The Morgan fingerprint density at radius 2 is 1.71 bits per heavy atom. The van der Waals surface area contributed by atoms with Crippen molar-refractivity contribution in [3.05, 3.63) is 0 Å². The molecule has 0 unspecified atom stereocenters. The average molecular weight is 244 g/mol. The van der Waals surface area contributed by atoms with Crippen molar-refractivity contribution in [2.45, 2.75) is 33.6 Å². The summed E-state index contributed by atoms with van der Waals surface area (Å²) >= 11 is 0. The summed E-state index contributed by atoms with van der Waals surface area (Å²) in [5, 5.41) is 5.58. The monoisotopic (exact) mass is 244 g/mol. The van der Waals surface area contributed by atoms with Gasteiger partial charge >= 0.3 is 0 Å². The van der Waals surface area contributed by atoms with E-state index in [4.69, 9.17) is 4.74 Å². The first-order valence-corrected chi connectivity index (χ1v) is 6.20. The highest BCUT2D eigenvalue weighted by atomic mass is 16.5. The molecule has 0 bridgehead atoms. The van der Waals surface area contributed by atoms with Crippen LogP contribution in [0.5, 0.6) is 0 Å². The van der Waals surface area contributed by atoms with Crippen LogP contribution in [0.2, 0.25) is 0 Å². The Hall–Kier alpha value is -1.10. The van der Waals surface area contributed by atoms with Gasteiger partial charge in [-0.2, -0.15) is 0 Å². The first-order valence-electron chi connectivity index (χ1n) is 6.20. The molecular weight excluding hydrogens is 220 g/mol. The normalized spacial score (nSPS) is 10.4. The van der Waals surface area contributed by atoms with Crippen LogP contribution >= 0.6 is 0 Å². The van der Waals surface area contributed by atoms with Gasteiger partial charge < -0.3 is 15.4 Å². The Balaban J connectivity index is 3.29. The summed E-state index contributed by atoms with van der Waals surface area (Å²) in [6.45, 7) is 7.55. The second kappa shape index (κ2) is 10.1. The number of rotatable bonds is 9. The van der Waals surface area contributed by atoms with Crippen molar-refractivity contribution in [1.82, 2.24) is 10.6 Å². The highest BCUT2D eigenvalue weighted by molar-refractivity contribution is 5.77. The Labute approximate surface area is 103 Å². The molecule has 0 atom stereocenters. The van der Waals surface area contributed by atoms with Gasteiger partial charge in [0.2, 0.25) is 11.8 Å². The summed E-state index contributed by atoms with van der Waals surface area (Å²) in [5.74, 6) is 0.0179.